The third kappa shape index (κ3) is 6.12. The second-order valence-corrected chi connectivity index (χ2v) is 5.73. The van der Waals surface area contributed by atoms with Gasteiger partial charge in [0.25, 0.3) is 0 Å². The summed E-state index contributed by atoms with van der Waals surface area (Å²) in [7, 11) is 0. The van der Waals surface area contributed by atoms with Crippen molar-refractivity contribution in [2.24, 2.45) is 17.6 Å². The molecule has 0 radical (unpaired) electrons. The van der Waals surface area contributed by atoms with E-state index in [4.69, 9.17) is 5.73 Å². The highest BCUT2D eigenvalue weighted by Crippen LogP contribution is 2.13. The maximum Gasteiger partial charge on any atom is 0.220 e. The number of hydrogen-bond acceptors (Lipinski definition) is 4. The van der Waals surface area contributed by atoms with Gasteiger partial charge in [-0.2, -0.15) is 0 Å². The first kappa shape index (κ1) is 15.1. The first-order chi connectivity index (χ1) is 8.61. The lowest BCUT2D eigenvalue weighted by atomic mass is 9.94. The normalized spacial score (nSPS) is 12.7. The van der Waals surface area contributed by atoms with E-state index in [9.17, 15) is 4.79 Å². The van der Waals surface area contributed by atoms with Crippen LogP contribution in [0.3, 0.4) is 0 Å². The zero-order chi connectivity index (χ0) is 13.4. The Morgan fingerprint density at radius 1 is 1.56 bits per heavy atom. The minimum absolute atomic E-state index is 0.0985. The predicted molar refractivity (Wildman–Crippen MR) is 75.4 cm³/mol. The Labute approximate surface area is 113 Å². The number of carbonyl (C=O) groups is 1. The van der Waals surface area contributed by atoms with E-state index in [1.807, 2.05) is 10.9 Å². The Morgan fingerprint density at radius 3 is 2.89 bits per heavy atom. The maximum atomic E-state index is 11.7. The Morgan fingerprint density at radius 2 is 2.33 bits per heavy atom. The fourth-order valence-electron chi connectivity index (χ4n) is 1.95. The summed E-state index contributed by atoms with van der Waals surface area (Å²) >= 11 is 1.58. The molecule has 0 aromatic carbocycles. The summed E-state index contributed by atoms with van der Waals surface area (Å²) in [6, 6.07) is 0. The second kappa shape index (κ2) is 8.21. The van der Waals surface area contributed by atoms with Crippen molar-refractivity contribution in [3.05, 3.63) is 16.6 Å². The molecule has 0 aliphatic carbocycles. The minimum atomic E-state index is 0.0985. The number of nitrogens with two attached hydrogens (primary N) is 1. The summed E-state index contributed by atoms with van der Waals surface area (Å²) in [6.07, 6.45) is 2.34. The molecule has 0 aliphatic heterocycles. The van der Waals surface area contributed by atoms with Crippen molar-refractivity contribution in [2.75, 3.05) is 13.1 Å². The zero-order valence-corrected chi connectivity index (χ0v) is 12.0. The van der Waals surface area contributed by atoms with Crippen LogP contribution in [-0.2, 0) is 11.2 Å². The monoisotopic (exact) mass is 269 g/mol. The summed E-state index contributed by atoms with van der Waals surface area (Å²) in [5.41, 5.74) is 8.54. The van der Waals surface area contributed by atoms with Crippen molar-refractivity contribution in [3.8, 4) is 0 Å². The van der Waals surface area contributed by atoms with Crippen LogP contribution in [-0.4, -0.2) is 24.0 Å². The van der Waals surface area contributed by atoms with E-state index in [0.29, 0.717) is 31.3 Å². The summed E-state index contributed by atoms with van der Waals surface area (Å²) in [6.45, 7) is 5.55. The van der Waals surface area contributed by atoms with Gasteiger partial charge in [-0.1, -0.05) is 13.8 Å². The summed E-state index contributed by atoms with van der Waals surface area (Å²) in [4.78, 5) is 15.9. The molecule has 102 valence electrons. The van der Waals surface area contributed by atoms with E-state index in [2.05, 4.69) is 24.1 Å². The van der Waals surface area contributed by atoms with Crippen LogP contribution >= 0.6 is 11.3 Å². The zero-order valence-electron chi connectivity index (χ0n) is 11.2. The van der Waals surface area contributed by atoms with Gasteiger partial charge in [-0.3, -0.25) is 4.79 Å². The summed E-state index contributed by atoms with van der Waals surface area (Å²) in [5, 5.41) is 4.94. The predicted octanol–water partition coefficient (Wildman–Crippen LogP) is 1.81. The molecule has 3 N–H and O–H groups in total. The first-order valence-corrected chi connectivity index (χ1v) is 7.40. The fourth-order valence-corrected chi connectivity index (χ4v) is 2.55. The number of nitrogens with zero attached hydrogens (tertiary/aromatic N) is 1. The Bertz CT molecular complexity index is 338. The smallest absolute Gasteiger partial charge is 0.220 e. The largest absolute Gasteiger partial charge is 0.356 e. The minimum Gasteiger partial charge on any atom is -0.356 e. The van der Waals surface area contributed by atoms with Crippen LogP contribution in [0.5, 0.6) is 0 Å². The number of thiazole rings is 1. The van der Waals surface area contributed by atoms with E-state index in [-0.39, 0.29) is 5.91 Å². The third-order valence-corrected chi connectivity index (χ3v) is 3.43. The average molecular weight is 269 g/mol. The Hall–Kier alpha value is -0.940. The van der Waals surface area contributed by atoms with Crippen molar-refractivity contribution < 1.29 is 4.79 Å². The van der Waals surface area contributed by atoms with Crippen LogP contribution in [0.1, 0.15) is 32.4 Å². The van der Waals surface area contributed by atoms with E-state index >= 15 is 0 Å². The van der Waals surface area contributed by atoms with Crippen LogP contribution in [0.15, 0.2) is 10.9 Å². The number of hydrogen-bond donors (Lipinski definition) is 2. The third-order valence-electron chi connectivity index (χ3n) is 2.80. The molecule has 0 aliphatic rings. The van der Waals surface area contributed by atoms with Crippen molar-refractivity contribution in [3.63, 3.8) is 0 Å². The van der Waals surface area contributed by atoms with Crippen molar-refractivity contribution >= 4 is 17.2 Å². The molecule has 1 aromatic rings. The van der Waals surface area contributed by atoms with Gasteiger partial charge in [-0.05, 0) is 24.8 Å². The molecule has 0 bridgehead atoms. The molecule has 1 heterocycles. The number of rotatable bonds is 8. The van der Waals surface area contributed by atoms with Gasteiger partial charge in [0.2, 0.25) is 5.91 Å². The second-order valence-electron chi connectivity index (χ2n) is 5.02. The molecule has 0 fully saturated rings. The fraction of sp³-hybridized carbons (Fsp3) is 0.692. The molecule has 1 atom stereocenters. The van der Waals surface area contributed by atoms with Crippen molar-refractivity contribution in [1.82, 2.24) is 10.3 Å². The lowest BCUT2D eigenvalue weighted by molar-refractivity contribution is -0.122. The van der Waals surface area contributed by atoms with Gasteiger partial charge in [-0.25, -0.2) is 4.98 Å². The van der Waals surface area contributed by atoms with Crippen LogP contribution in [0.2, 0.25) is 0 Å². The SMILES string of the molecule is CC(C)CC(CN)CC(=O)NCCc1cscn1. The highest BCUT2D eigenvalue weighted by Gasteiger charge is 2.13. The van der Waals surface area contributed by atoms with Crippen LogP contribution < -0.4 is 11.1 Å². The molecule has 5 heteroatoms. The summed E-state index contributed by atoms with van der Waals surface area (Å²) in [5.74, 6) is 0.979. The van der Waals surface area contributed by atoms with Gasteiger partial charge in [0, 0.05) is 24.8 Å². The number of carbonyl (C=O) groups excluding carboxylic acids is 1. The van der Waals surface area contributed by atoms with Gasteiger partial charge in [0.1, 0.15) is 0 Å². The van der Waals surface area contributed by atoms with Gasteiger partial charge in [0.15, 0.2) is 0 Å². The number of aromatic nitrogens is 1. The van der Waals surface area contributed by atoms with Gasteiger partial charge in [0.05, 0.1) is 11.2 Å². The van der Waals surface area contributed by atoms with Crippen LogP contribution in [0.25, 0.3) is 0 Å². The first-order valence-electron chi connectivity index (χ1n) is 6.45. The van der Waals surface area contributed by atoms with Gasteiger partial charge < -0.3 is 11.1 Å². The molecule has 4 nitrogen and oxygen atoms in total. The van der Waals surface area contributed by atoms with E-state index in [1.165, 1.54) is 0 Å². The molecule has 1 aromatic heterocycles. The quantitative estimate of drug-likeness (QED) is 0.756. The summed E-state index contributed by atoms with van der Waals surface area (Å²) < 4.78 is 0. The number of nitrogens with one attached hydrogen (secondary N) is 1. The van der Waals surface area contributed by atoms with Gasteiger partial charge in [-0.15, -0.1) is 11.3 Å². The molecule has 18 heavy (non-hydrogen) atoms. The highest BCUT2D eigenvalue weighted by molar-refractivity contribution is 7.07. The molecular weight excluding hydrogens is 246 g/mol. The molecule has 1 rings (SSSR count). The highest BCUT2D eigenvalue weighted by atomic mass is 32.1. The molecule has 1 unspecified atom stereocenters. The Kier molecular flexibility index (Phi) is 6.90. The lowest BCUT2D eigenvalue weighted by Crippen LogP contribution is -2.30. The van der Waals surface area contributed by atoms with Crippen LogP contribution in [0.4, 0.5) is 0 Å². The van der Waals surface area contributed by atoms with Crippen LogP contribution in [0, 0.1) is 11.8 Å². The van der Waals surface area contributed by atoms with E-state index in [1.54, 1.807) is 11.3 Å². The standard InChI is InChI=1S/C13H23N3OS/c1-10(2)5-11(7-14)6-13(17)15-4-3-12-8-18-9-16-12/h8-11H,3-7,14H2,1-2H3,(H,15,17). The molecule has 0 spiro atoms. The molecule has 0 saturated heterocycles. The van der Waals surface area contributed by atoms with Crippen molar-refractivity contribution in [2.45, 2.75) is 33.1 Å². The number of amides is 1. The van der Waals surface area contributed by atoms with E-state index < -0.39 is 0 Å². The molecular formula is C13H23N3OS. The van der Waals surface area contributed by atoms with Gasteiger partial charge >= 0.3 is 0 Å². The van der Waals surface area contributed by atoms with E-state index in [0.717, 1.165) is 18.5 Å². The maximum absolute atomic E-state index is 11.7. The lowest BCUT2D eigenvalue weighted by Gasteiger charge is -2.16. The average Bonchev–Trinajstić information content (AvgIpc) is 2.80. The van der Waals surface area contributed by atoms with Crippen molar-refractivity contribution in [1.29, 1.82) is 0 Å². The Balaban J connectivity index is 2.19. The molecule has 1 amide bonds. The molecule has 0 saturated carbocycles. The topological polar surface area (TPSA) is 68.0 Å².